The van der Waals surface area contributed by atoms with Gasteiger partial charge in [0.25, 0.3) is 0 Å². The van der Waals surface area contributed by atoms with Crippen LogP contribution in [0.15, 0.2) is 0 Å². The van der Waals surface area contributed by atoms with E-state index >= 15 is 0 Å². The Morgan fingerprint density at radius 3 is 1.90 bits per heavy atom. The van der Waals surface area contributed by atoms with E-state index in [1.807, 2.05) is 0 Å². The molecule has 0 spiro atoms. The fraction of sp³-hybridized carbons (Fsp3) is 0.929. The van der Waals surface area contributed by atoms with Crippen molar-refractivity contribution >= 4 is 16.1 Å². The van der Waals surface area contributed by atoms with Crippen molar-refractivity contribution in [1.82, 2.24) is 0 Å². The van der Waals surface area contributed by atoms with Crippen LogP contribution in [0.1, 0.15) is 78.1 Å². The summed E-state index contributed by atoms with van der Waals surface area (Å²) in [5.41, 5.74) is 5.20. The second-order valence-electron chi connectivity index (χ2n) is 5.23. The summed E-state index contributed by atoms with van der Waals surface area (Å²) in [6, 6.07) is 0. The Balaban J connectivity index is 3.49. The molecule has 0 rings (SSSR count). The van der Waals surface area contributed by atoms with Gasteiger partial charge in [0.1, 0.15) is 5.37 Å². The Morgan fingerprint density at radius 1 is 1.00 bits per heavy atom. The average Bonchev–Trinajstić information content (AvgIpc) is 2.36. The molecule has 0 aliphatic rings. The first kappa shape index (κ1) is 19.4. The largest absolute Gasteiger partial charge is 0.345 e. The fourth-order valence-electron chi connectivity index (χ4n) is 1.83. The second-order valence-corrected chi connectivity index (χ2v) is 7.13. The summed E-state index contributed by atoms with van der Waals surface area (Å²) in [5.74, 6) is -0.703. The molecule has 0 saturated carbocycles. The standard InChI is InChI=1S/C14H29NO4S/c1-3-4-5-6-7-8-9-10-11-12-14(16)19-20(17,18)13(2)15/h13H,3-12,15H2,1-2H3. The number of hydrogen-bond acceptors (Lipinski definition) is 5. The van der Waals surface area contributed by atoms with E-state index in [1.54, 1.807) is 0 Å². The minimum Gasteiger partial charge on any atom is -0.345 e. The van der Waals surface area contributed by atoms with E-state index in [1.165, 1.54) is 45.4 Å². The van der Waals surface area contributed by atoms with Crippen LogP contribution in [0.25, 0.3) is 0 Å². The maximum atomic E-state index is 11.3. The molecule has 0 saturated heterocycles. The van der Waals surface area contributed by atoms with Crippen molar-refractivity contribution in [1.29, 1.82) is 0 Å². The highest BCUT2D eigenvalue weighted by Crippen LogP contribution is 2.11. The second kappa shape index (κ2) is 11.1. The van der Waals surface area contributed by atoms with Crippen LogP contribution in [0.4, 0.5) is 0 Å². The van der Waals surface area contributed by atoms with Crippen LogP contribution in [0.3, 0.4) is 0 Å². The molecule has 0 aromatic heterocycles. The van der Waals surface area contributed by atoms with E-state index in [0.717, 1.165) is 12.8 Å². The van der Waals surface area contributed by atoms with Gasteiger partial charge in [-0.1, -0.05) is 58.3 Å². The van der Waals surface area contributed by atoms with Gasteiger partial charge in [0.15, 0.2) is 0 Å². The average molecular weight is 307 g/mol. The van der Waals surface area contributed by atoms with Crippen LogP contribution in [-0.4, -0.2) is 19.8 Å². The molecule has 120 valence electrons. The van der Waals surface area contributed by atoms with Crippen molar-refractivity contribution in [3.63, 3.8) is 0 Å². The van der Waals surface area contributed by atoms with E-state index in [4.69, 9.17) is 5.73 Å². The predicted molar refractivity (Wildman–Crippen MR) is 80.5 cm³/mol. The van der Waals surface area contributed by atoms with Crippen LogP contribution in [0, 0.1) is 0 Å². The monoisotopic (exact) mass is 307 g/mol. The van der Waals surface area contributed by atoms with Crippen molar-refractivity contribution < 1.29 is 17.4 Å². The highest BCUT2D eigenvalue weighted by molar-refractivity contribution is 7.87. The lowest BCUT2D eigenvalue weighted by Crippen LogP contribution is -2.30. The Labute approximate surface area is 123 Å². The lowest BCUT2D eigenvalue weighted by molar-refractivity contribution is -0.134. The van der Waals surface area contributed by atoms with Gasteiger partial charge in [-0.2, -0.15) is 8.42 Å². The molecule has 1 atom stereocenters. The first-order valence-electron chi connectivity index (χ1n) is 7.62. The molecule has 0 aromatic rings. The minimum atomic E-state index is -3.93. The van der Waals surface area contributed by atoms with Crippen LogP contribution in [0.2, 0.25) is 0 Å². The maximum Gasteiger partial charge on any atom is 0.327 e. The molecule has 20 heavy (non-hydrogen) atoms. The first-order chi connectivity index (χ1) is 9.40. The molecular formula is C14H29NO4S. The van der Waals surface area contributed by atoms with Crippen molar-refractivity contribution in [3.05, 3.63) is 0 Å². The van der Waals surface area contributed by atoms with Crippen molar-refractivity contribution in [2.24, 2.45) is 5.73 Å². The third-order valence-electron chi connectivity index (χ3n) is 3.15. The van der Waals surface area contributed by atoms with Gasteiger partial charge in [-0.15, -0.1) is 0 Å². The minimum absolute atomic E-state index is 0.141. The molecule has 2 N–H and O–H groups in total. The summed E-state index contributed by atoms with van der Waals surface area (Å²) >= 11 is 0. The zero-order valence-corrected chi connectivity index (χ0v) is 13.6. The van der Waals surface area contributed by atoms with Crippen molar-refractivity contribution in [3.8, 4) is 0 Å². The molecule has 0 heterocycles. The molecule has 0 amide bonds. The van der Waals surface area contributed by atoms with Gasteiger partial charge in [-0.3, -0.25) is 4.79 Å². The van der Waals surface area contributed by atoms with Gasteiger partial charge in [-0.25, -0.2) is 0 Å². The molecule has 5 nitrogen and oxygen atoms in total. The Kier molecular flexibility index (Phi) is 10.7. The summed E-state index contributed by atoms with van der Waals surface area (Å²) in [5, 5.41) is -1.17. The highest BCUT2D eigenvalue weighted by Gasteiger charge is 2.21. The van der Waals surface area contributed by atoms with Crippen LogP contribution >= 0.6 is 0 Å². The van der Waals surface area contributed by atoms with E-state index in [0.29, 0.717) is 6.42 Å². The molecule has 6 heteroatoms. The zero-order chi connectivity index (χ0) is 15.4. The van der Waals surface area contributed by atoms with Gasteiger partial charge in [-0.05, 0) is 13.3 Å². The van der Waals surface area contributed by atoms with Crippen LogP contribution in [-0.2, 0) is 19.1 Å². The molecule has 0 aromatic carbocycles. The smallest absolute Gasteiger partial charge is 0.327 e. The number of carbonyl (C=O) groups is 1. The molecular weight excluding hydrogens is 278 g/mol. The molecule has 0 aliphatic carbocycles. The van der Waals surface area contributed by atoms with Crippen LogP contribution < -0.4 is 5.73 Å². The van der Waals surface area contributed by atoms with E-state index < -0.39 is 21.5 Å². The normalized spacial score (nSPS) is 13.2. The van der Waals surface area contributed by atoms with Crippen molar-refractivity contribution in [2.45, 2.75) is 83.4 Å². The predicted octanol–water partition coefficient (Wildman–Crippen LogP) is 3.09. The van der Waals surface area contributed by atoms with E-state index in [9.17, 15) is 13.2 Å². The molecule has 0 radical (unpaired) electrons. The number of hydrogen-bond donors (Lipinski definition) is 1. The van der Waals surface area contributed by atoms with Gasteiger partial charge in [0.05, 0.1) is 0 Å². The molecule has 0 bridgehead atoms. The molecule has 0 aliphatic heterocycles. The summed E-state index contributed by atoms with van der Waals surface area (Å²) < 4.78 is 26.8. The van der Waals surface area contributed by atoms with Gasteiger partial charge in [0, 0.05) is 6.42 Å². The quantitative estimate of drug-likeness (QED) is 0.442. The third kappa shape index (κ3) is 10.2. The number of carbonyl (C=O) groups excluding carboxylic acids is 1. The first-order valence-corrected chi connectivity index (χ1v) is 9.09. The van der Waals surface area contributed by atoms with Gasteiger partial charge in [0.2, 0.25) is 0 Å². The molecule has 1 unspecified atom stereocenters. The summed E-state index contributed by atoms with van der Waals surface area (Å²) in [6.07, 6.45) is 10.4. The number of unbranched alkanes of at least 4 members (excludes halogenated alkanes) is 8. The summed E-state index contributed by atoms with van der Waals surface area (Å²) in [4.78, 5) is 11.3. The highest BCUT2D eigenvalue weighted by atomic mass is 32.2. The maximum absolute atomic E-state index is 11.3. The Morgan fingerprint density at radius 2 is 1.45 bits per heavy atom. The van der Waals surface area contributed by atoms with E-state index in [-0.39, 0.29) is 6.42 Å². The topological polar surface area (TPSA) is 86.5 Å². The summed E-state index contributed by atoms with van der Waals surface area (Å²) in [6.45, 7) is 3.48. The third-order valence-corrected chi connectivity index (χ3v) is 4.48. The van der Waals surface area contributed by atoms with E-state index in [2.05, 4.69) is 11.1 Å². The van der Waals surface area contributed by atoms with Gasteiger partial charge >= 0.3 is 16.1 Å². The van der Waals surface area contributed by atoms with Crippen molar-refractivity contribution in [2.75, 3.05) is 0 Å². The lowest BCUT2D eigenvalue weighted by atomic mass is 10.1. The SMILES string of the molecule is CCCCCCCCCCCC(=O)OS(=O)(=O)C(C)N. The Bertz CT molecular complexity index is 352. The van der Waals surface area contributed by atoms with Crippen LogP contribution in [0.5, 0.6) is 0 Å². The summed E-state index contributed by atoms with van der Waals surface area (Å²) in [7, 11) is -3.93. The molecule has 0 fully saturated rings. The zero-order valence-electron chi connectivity index (χ0n) is 12.8. The number of rotatable bonds is 12. The Hall–Kier alpha value is -0.620. The van der Waals surface area contributed by atoms with Gasteiger partial charge < -0.3 is 9.92 Å². The fourth-order valence-corrected chi connectivity index (χ4v) is 2.32. The number of nitrogens with two attached hydrogens (primary N) is 1. The lowest BCUT2D eigenvalue weighted by Gasteiger charge is -2.07.